The van der Waals surface area contributed by atoms with Crippen molar-refractivity contribution in [3.05, 3.63) is 68.7 Å². The van der Waals surface area contributed by atoms with Crippen molar-refractivity contribution in [3.63, 3.8) is 0 Å². The fraction of sp³-hybridized carbons (Fsp3) is 0.333. The van der Waals surface area contributed by atoms with Crippen molar-refractivity contribution in [2.75, 3.05) is 6.54 Å². The Morgan fingerprint density at radius 2 is 1.71 bits per heavy atom. The van der Waals surface area contributed by atoms with Crippen LogP contribution in [0.15, 0.2) is 36.4 Å². The van der Waals surface area contributed by atoms with Crippen molar-refractivity contribution >= 4 is 23.2 Å². The fourth-order valence-corrected chi connectivity index (χ4v) is 2.76. The summed E-state index contributed by atoms with van der Waals surface area (Å²) in [5.74, 6) is 0. The van der Waals surface area contributed by atoms with Gasteiger partial charge in [-0.15, -0.1) is 0 Å². The summed E-state index contributed by atoms with van der Waals surface area (Å²) in [5.41, 5.74) is 5.16. The molecule has 0 aliphatic rings. The van der Waals surface area contributed by atoms with E-state index in [2.05, 4.69) is 44.3 Å². The summed E-state index contributed by atoms with van der Waals surface area (Å²) in [6, 6.07) is 12.8. The van der Waals surface area contributed by atoms with Gasteiger partial charge in [0.1, 0.15) is 0 Å². The maximum atomic E-state index is 6.15. The molecule has 1 nitrogen and oxygen atoms in total. The van der Waals surface area contributed by atoms with E-state index in [1.165, 1.54) is 22.3 Å². The van der Waals surface area contributed by atoms with Gasteiger partial charge in [0, 0.05) is 6.04 Å². The Hall–Kier alpha value is -1.02. The lowest BCUT2D eigenvalue weighted by molar-refractivity contribution is 0.550. The highest BCUT2D eigenvalue weighted by atomic mass is 35.5. The van der Waals surface area contributed by atoms with E-state index in [0.29, 0.717) is 10.0 Å². The molecule has 21 heavy (non-hydrogen) atoms. The van der Waals surface area contributed by atoms with Gasteiger partial charge in [-0.2, -0.15) is 0 Å². The maximum Gasteiger partial charge on any atom is 0.0595 e. The van der Waals surface area contributed by atoms with Gasteiger partial charge in [-0.1, -0.05) is 54.4 Å². The molecular formula is C18H21Cl2N. The molecule has 0 fully saturated rings. The third-order valence-corrected chi connectivity index (χ3v) is 4.55. The van der Waals surface area contributed by atoms with Crippen LogP contribution in [0, 0.1) is 13.8 Å². The smallest absolute Gasteiger partial charge is 0.0595 e. The van der Waals surface area contributed by atoms with Crippen LogP contribution in [0.2, 0.25) is 10.0 Å². The van der Waals surface area contributed by atoms with Gasteiger partial charge in [0.05, 0.1) is 10.0 Å². The van der Waals surface area contributed by atoms with E-state index in [-0.39, 0.29) is 6.04 Å². The van der Waals surface area contributed by atoms with Crippen molar-refractivity contribution in [2.24, 2.45) is 0 Å². The average molecular weight is 322 g/mol. The lowest BCUT2D eigenvalue weighted by atomic mass is 9.96. The highest BCUT2D eigenvalue weighted by Gasteiger charge is 2.13. The van der Waals surface area contributed by atoms with Gasteiger partial charge in [-0.3, -0.25) is 0 Å². The van der Waals surface area contributed by atoms with E-state index in [0.717, 1.165) is 13.0 Å². The zero-order chi connectivity index (χ0) is 15.4. The topological polar surface area (TPSA) is 12.0 Å². The van der Waals surface area contributed by atoms with Crippen LogP contribution in [0.4, 0.5) is 0 Å². The first kappa shape index (κ1) is 16.4. The molecule has 0 radical (unpaired) electrons. The lowest BCUT2D eigenvalue weighted by Gasteiger charge is -2.19. The molecular weight excluding hydrogens is 301 g/mol. The van der Waals surface area contributed by atoms with Gasteiger partial charge in [-0.05, 0) is 61.2 Å². The molecule has 0 aliphatic carbocycles. The highest BCUT2D eigenvalue weighted by molar-refractivity contribution is 6.42. The molecule has 0 spiro atoms. The van der Waals surface area contributed by atoms with Crippen LogP contribution in [0.5, 0.6) is 0 Å². The molecule has 112 valence electrons. The number of halogens is 2. The molecule has 2 aromatic carbocycles. The fourth-order valence-electron chi connectivity index (χ4n) is 2.45. The Labute approximate surface area is 137 Å². The molecule has 1 N–H and O–H groups in total. The van der Waals surface area contributed by atoms with Crippen LogP contribution in [0.25, 0.3) is 0 Å². The van der Waals surface area contributed by atoms with Crippen LogP contribution < -0.4 is 5.32 Å². The first-order chi connectivity index (χ1) is 10.0. The van der Waals surface area contributed by atoms with Gasteiger partial charge < -0.3 is 5.32 Å². The van der Waals surface area contributed by atoms with E-state index in [1.54, 1.807) is 0 Å². The normalized spacial score (nSPS) is 12.4. The summed E-state index contributed by atoms with van der Waals surface area (Å²) in [5, 5.41) is 4.73. The summed E-state index contributed by atoms with van der Waals surface area (Å²) in [6.07, 6.45) is 0.937. The lowest BCUT2D eigenvalue weighted by Crippen LogP contribution is -2.23. The summed E-state index contributed by atoms with van der Waals surface area (Å²) in [6.45, 7) is 7.32. The number of hydrogen-bond donors (Lipinski definition) is 1. The number of benzene rings is 2. The van der Waals surface area contributed by atoms with Crippen molar-refractivity contribution in [2.45, 2.75) is 33.2 Å². The molecule has 0 bridgehead atoms. The standard InChI is InChI=1S/C18H21Cl2N/c1-4-21-18(15-7-8-16(19)17(20)11-15)10-14-6-5-12(2)13(3)9-14/h5-9,11,18,21H,4,10H2,1-3H3. The predicted molar refractivity (Wildman–Crippen MR) is 92.5 cm³/mol. The summed E-state index contributed by atoms with van der Waals surface area (Å²) >= 11 is 12.2. The van der Waals surface area contributed by atoms with E-state index in [4.69, 9.17) is 23.2 Å². The Balaban J connectivity index is 2.25. The van der Waals surface area contributed by atoms with Crippen molar-refractivity contribution in [1.82, 2.24) is 5.32 Å². The SMILES string of the molecule is CCNC(Cc1ccc(C)c(C)c1)c1ccc(Cl)c(Cl)c1. The number of aryl methyl sites for hydroxylation is 2. The van der Waals surface area contributed by atoms with Crippen molar-refractivity contribution in [1.29, 1.82) is 0 Å². The zero-order valence-corrected chi connectivity index (χ0v) is 14.2. The predicted octanol–water partition coefficient (Wildman–Crippen LogP) is 5.50. The Morgan fingerprint density at radius 1 is 0.952 bits per heavy atom. The second kappa shape index (κ2) is 7.31. The number of likely N-dealkylation sites (N-methyl/N-ethyl adjacent to an activating group) is 1. The van der Waals surface area contributed by atoms with E-state index < -0.39 is 0 Å². The van der Waals surface area contributed by atoms with Crippen molar-refractivity contribution in [3.8, 4) is 0 Å². The number of nitrogens with one attached hydrogen (secondary N) is 1. The zero-order valence-electron chi connectivity index (χ0n) is 12.7. The Kier molecular flexibility index (Phi) is 5.69. The summed E-state index contributed by atoms with van der Waals surface area (Å²) in [4.78, 5) is 0. The first-order valence-corrected chi connectivity index (χ1v) is 8.01. The van der Waals surface area contributed by atoms with Crippen LogP contribution in [0.1, 0.15) is 35.2 Å². The minimum absolute atomic E-state index is 0.242. The first-order valence-electron chi connectivity index (χ1n) is 7.25. The number of rotatable bonds is 5. The third kappa shape index (κ3) is 4.23. The molecule has 3 heteroatoms. The van der Waals surface area contributed by atoms with E-state index in [9.17, 15) is 0 Å². The molecule has 0 aromatic heterocycles. The Morgan fingerprint density at radius 3 is 2.33 bits per heavy atom. The molecule has 0 saturated heterocycles. The average Bonchev–Trinajstić information content (AvgIpc) is 2.45. The maximum absolute atomic E-state index is 6.15. The van der Waals surface area contributed by atoms with Gasteiger partial charge in [-0.25, -0.2) is 0 Å². The second-order valence-corrected chi connectivity index (χ2v) is 6.22. The van der Waals surface area contributed by atoms with Gasteiger partial charge >= 0.3 is 0 Å². The van der Waals surface area contributed by atoms with Gasteiger partial charge in [0.15, 0.2) is 0 Å². The van der Waals surface area contributed by atoms with Crippen molar-refractivity contribution < 1.29 is 0 Å². The van der Waals surface area contributed by atoms with Gasteiger partial charge in [0.2, 0.25) is 0 Å². The molecule has 2 aromatic rings. The molecule has 0 saturated carbocycles. The largest absolute Gasteiger partial charge is 0.310 e. The Bertz CT molecular complexity index is 623. The van der Waals surface area contributed by atoms with Crippen LogP contribution in [-0.2, 0) is 6.42 Å². The van der Waals surface area contributed by atoms with E-state index in [1.807, 2.05) is 18.2 Å². The molecule has 2 rings (SSSR count). The van der Waals surface area contributed by atoms with Crippen LogP contribution >= 0.6 is 23.2 Å². The third-order valence-electron chi connectivity index (χ3n) is 3.81. The molecule has 1 atom stereocenters. The second-order valence-electron chi connectivity index (χ2n) is 5.41. The highest BCUT2D eigenvalue weighted by Crippen LogP contribution is 2.27. The molecule has 0 aliphatic heterocycles. The molecule has 0 amide bonds. The summed E-state index contributed by atoms with van der Waals surface area (Å²) in [7, 11) is 0. The minimum Gasteiger partial charge on any atom is -0.310 e. The molecule has 0 heterocycles. The number of hydrogen-bond acceptors (Lipinski definition) is 1. The monoisotopic (exact) mass is 321 g/mol. The van der Waals surface area contributed by atoms with Gasteiger partial charge in [0.25, 0.3) is 0 Å². The van der Waals surface area contributed by atoms with E-state index >= 15 is 0 Å². The van der Waals surface area contributed by atoms with Crippen LogP contribution in [0.3, 0.4) is 0 Å². The quantitative estimate of drug-likeness (QED) is 0.766. The summed E-state index contributed by atoms with van der Waals surface area (Å²) < 4.78 is 0. The minimum atomic E-state index is 0.242. The molecule has 1 unspecified atom stereocenters. The van der Waals surface area contributed by atoms with Crippen LogP contribution in [-0.4, -0.2) is 6.54 Å².